The van der Waals surface area contributed by atoms with Gasteiger partial charge in [-0.1, -0.05) is 6.92 Å². The zero-order valence-corrected chi connectivity index (χ0v) is 9.12. The topological polar surface area (TPSA) is 47.1 Å². The molecule has 0 aromatic carbocycles. The number of anilines is 1. The highest BCUT2D eigenvalue weighted by Gasteiger charge is 2.35. The first-order valence-corrected chi connectivity index (χ1v) is 5.00. The SMILES string of the molecule is CN1CCC(C)(c2cc(N)n(C)n2)C1. The predicted octanol–water partition coefficient (Wildman–Crippen LogP) is 0.595. The van der Waals surface area contributed by atoms with Crippen LogP contribution >= 0.6 is 0 Å². The molecule has 0 amide bonds. The minimum Gasteiger partial charge on any atom is -0.384 e. The second-order valence-electron chi connectivity index (χ2n) is 4.63. The van der Waals surface area contributed by atoms with E-state index in [1.165, 1.54) is 6.42 Å². The quantitative estimate of drug-likeness (QED) is 0.712. The van der Waals surface area contributed by atoms with Crippen LogP contribution in [0.2, 0.25) is 0 Å². The number of nitrogens with two attached hydrogens (primary N) is 1. The van der Waals surface area contributed by atoms with Crippen LogP contribution in [0.4, 0.5) is 5.82 Å². The molecule has 14 heavy (non-hydrogen) atoms. The first-order valence-electron chi connectivity index (χ1n) is 5.00. The molecule has 1 fully saturated rings. The maximum atomic E-state index is 5.79. The van der Waals surface area contributed by atoms with Gasteiger partial charge in [-0.25, -0.2) is 0 Å². The van der Waals surface area contributed by atoms with E-state index in [0.717, 1.165) is 24.6 Å². The van der Waals surface area contributed by atoms with Gasteiger partial charge in [0.1, 0.15) is 5.82 Å². The summed E-state index contributed by atoms with van der Waals surface area (Å²) < 4.78 is 1.75. The zero-order chi connectivity index (χ0) is 10.3. The van der Waals surface area contributed by atoms with Gasteiger partial charge in [0.25, 0.3) is 0 Å². The summed E-state index contributed by atoms with van der Waals surface area (Å²) in [6.45, 7) is 4.48. The third-order valence-electron chi connectivity index (χ3n) is 3.20. The lowest BCUT2D eigenvalue weighted by molar-refractivity contribution is 0.376. The molecule has 2 heterocycles. The highest BCUT2D eigenvalue weighted by Crippen LogP contribution is 2.33. The summed E-state index contributed by atoms with van der Waals surface area (Å²) in [4.78, 5) is 2.34. The van der Waals surface area contributed by atoms with E-state index in [4.69, 9.17) is 5.73 Å². The highest BCUT2D eigenvalue weighted by molar-refractivity contribution is 5.34. The first-order chi connectivity index (χ1) is 6.51. The van der Waals surface area contributed by atoms with Gasteiger partial charge < -0.3 is 10.6 Å². The van der Waals surface area contributed by atoms with Crippen LogP contribution in [0, 0.1) is 0 Å². The van der Waals surface area contributed by atoms with Crippen molar-refractivity contribution in [3.8, 4) is 0 Å². The standard InChI is InChI=1S/C10H18N4/c1-10(4-5-13(2)7-10)8-6-9(11)14(3)12-8/h6H,4-5,7,11H2,1-3H3. The molecule has 1 aliphatic rings. The lowest BCUT2D eigenvalue weighted by Crippen LogP contribution is -2.26. The van der Waals surface area contributed by atoms with Crippen molar-refractivity contribution >= 4 is 5.82 Å². The highest BCUT2D eigenvalue weighted by atomic mass is 15.3. The molecule has 1 aromatic heterocycles. The molecule has 2 N–H and O–H groups in total. The van der Waals surface area contributed by atoms with Crippen molar-refractivity contribution < 1.29 is 0 Å². The van der Waals surface area contributed by atoms with Crippen molar-refractivity contribution in [2.45, 2.75) is 18.8 Å². The van der Waals surface area contributed by atoms with E-state index >= 15 is 0 Å². The number of hydrogen-bond donors (Lipinski definition) is 1. The Bertz CT molecular complexity index is 324. The van der Waals surface area contributed by atoms with Gasteiger partial charge in [-0.05, 0) is 20.0 Å². The van der Waals surface area contributed by atoms with Gasteiger partial charge in [0.2, 0.25) is 0 Å². The van der Waals surface area contributed by atoms with Gasteiger partial charge in [-0.2, -0.15) is 5.10 Å². The molecule has 0 radical (unpaired) electrons. The van der Waals surface area contributed by atoms with Gasteiger partial charge in [-0.3, -0.25) is 4.68 Å². The van der Waals surface area contributed by atoms with Crippen LogP contribution in [0.25, 0.3) is 0 Å². The minimum absolute atomic E-state index is 0.185. The Balaban J connectivity index is 2.30. The number of nitrogens with zero attached hydrogens (tertiary/aromatic N) is 3. The Kier molecular flexibility index (Phi) is 2.03. The number of nitrogen functional groups attached to an aromatic ring is 1. The van der Waals surface area contributed by atoms with E-state index in [1.54, 1.807) is 4.68 Å². The summed E-state index contributed by atoms with van der Waals surface area (Å²) in [6, 6.07) is 2.00. The Morgan fingerprint density at radius 3 is 2.64 bits per heavy atom. The van der Waals surface area contributed by atoms with E-state index in [-0.39, 0.29) is 5.41 Å². The van der Waals surface area contributed by atoms with Crippen LogP contribution in [0.5, 0.6) is 0 Å². The van der Waals surface area contributed by atoms with Gasteiger partial charge in [0, 0.05) is 25.1 Å². The third kappa shape index (κ3) is 1.39. The van der Waals surface area contributed by atoms with Crippen molar-refractivity contribution in [1.29, 1.82) is 0 Å². The van der Waals surface area contributed by atoms with Crippen LogP contribution < -0.4 is 5.73 Å². The Labute approximate surface area is 84.7 Å². The van der Waals surface area contributed by atoms with Crippen LogP contribution in [0.15, 0.2) is 6.07 Å². The molecule has 1 atom stereocenters. The van der Waals surface area contributed by atoms with Gasteiger partial charge in [0.05, 0.1) is 5.69 Å². The fourth-order valence-corrected chi connectivity index (χ4v) is 2.18. The summed E-state index contributed by atoms with van der Waals surface area (Å²) in [6.07, 6.45) is 1.17. The number of aromatic nitrogens is 2. The van der Waals surface area contributed by atoms with E-state index in [1.807, 2.05) is 13.1 Å². The molecule has 0 aliphatic carbocycles. The summed E-state index contributed by atoms with van der Waals surface area (Å²) in [5.74, 6) is 0.746. The lowest BCUT2D eigenvalue weighted by Gasteiger charge is -2.20. The number of likely N-dealkylation sites (tertiary alicyclic amines) is 1. The molecule has 4 nitrogen and oxygen atoms in total. The second kappa shape index (κ2) is 2.98. The van der Waals surface area contributed by atoms with Crippen LogP contribution in [-0.4, -0.2) is 34.8 Å². The molecule has 0 saturated carbocycles. The Morgan fingerprint density at radius 2 is 2.21 bits per heavy atom. The predicted molar refractivity (Wildman–Crippen MR) is 57.1 cm³/mol. The minimum atomic E-state index is 0.185. The van der Waals surface area contributed by atoms with Crippen LogP contribution in [0.1, 0.15) is 19.0 Å². The van der Waals surface area contributed by atoms with E-state index < -0.39 is 0 Å². The molecular weight excluding hydrogens is 176 g/mol. The monoisotopic (exact) mass is 194 g/mol. The molecule has 78 valence electrons. The fraction of sp³-hybridized carbons (Fsp3) is 0.700. The van der Waals surface area contributed by atoms with Crippen molar-refractivity contribution in [2.24, 2.45) is 7.05 Å². The summed E-state index contributed by atoms with van der Waals surface area (Å²) in [7, 11) is 4.04. The molecule has 1 saturated heterocycles. The normalized spacial score (nSPS) is 28.5. The first kappa shape index (κ1) is 9.52. The fourth-order valence-electron chi connectivity index (χ4n) is 2.18. The largest absolute Gasteiger partial charge is 0.384 e. The zero-order valence-electron chi connectivity index (χ0n) is 9.12. The van der Waals surface area contributed by atoms with Crippen molar-refractivity contribution in [1.82, 2.24) is 14.7 Å². The number of hydrogen-bond acceptors (Lipinski definition) is 3. The van der Waals surface area contributed by atoms with Crippen LogP contribution in [-0.2, 0) is 12.5 Å². The van der Waals surface area contributed by atoms with Gasteiger partial charge in [0.15, 0.2) is 0 Å². The van der Waals surface area contributed by atoms with E-state index in [9.17, 15) is 0 Å². The molecule has 1 aromatic rings. The Morgan fingerprint density at radius 1 is 1.50 bits per heavy atom. The van der Waals surface area contributed by atoms with Crippen molar-refractivity contribution in [3.05, 3.63) is 11.8 Å². The maximum Gasteiger partial charge on any atom is 0.121 e. The summed E-state index contributed by atoms with van der Waals surface area (Å²) >= 11 is 0. The summed E-state index contributed by atoms with van der Waals surface area (Å²) in [5, 5.41) is 4.46. The Hall–Kier alpha value is -1.03. The smallest absolute Gasteiger partial charge is 0.121 e. The number of likely N-dealkylation sites (N-methyl/N-ethyl adjacent to an activating group) is 1. The molecule has 4 heteroatoms. The lowest BCUT2D eigenvalue weighted by atomic mass is 9.86. The van der Waals surface area contributed by atoms with Gasteiger partial charge in [-0.15, -0.1) is 0 Å². The van der Waals surface area contributed by atoms with Gasteiger partial charge >= 0.3 is 0 Å². The number of aryl methyl sites for hydroxylation is 1. The molecule has 2 rings (SSSR count). The molecule has 1 unspecified atom stereocenters. The molecule has 0 spiro atoms. The van der Waals surface area contributed by atoms with E-state index in [2.05, 4.69) is 24.0 Å². The summed E-state index contributed by atoms with van der Waals surface area (Å²) in [5.41, 5.74) is 7.10. The van der Waals surface area contributed by atoms with E-state index in [0.29, 0.717) is 0 Å². The third-order valence-corrected chi connectivity index (χ3v) is 3.20. The molecule has 0 bridgehead atoms. The molecule has 1 aliphatic heterocycles. The molecular formula is C10H18N4. The average Bonchev–Trinajstić information content (AvgIpc) is 2.60. The maximum absolute atomic E-state index is 5.79. The van der Waals surface area contributed by atoms with Crippen LogP contribution in [0.3, 0.4) is 0 Å². The number of rotatable bonds is 1. The average molecular weight is 194 g/mol. The second-order valence-corrected chi connectivity index (χ2v) is 4.63. The van der Waals surface area contributed by atoms with Crippen molar-refractivity contribution in [3.63, 3.8) is 0 Å². The van der Waals surface area contributed by atoms with Crippen molar-refractivity contribution in [2.75, 3.05) is 25.9 Å².